The number of hydrogen-bond donors (Lipinski definition) is 0. The van der Waals surface area contributed by atoms with Crippen LogP contribution in [0.3, 0.4) is 0 Å². The van der Waals surface area contributed by atoms with Crippen molar-refractivity contribution in [2.24, 2.45) is 0 Å². The van der Waals surface area contributed by atoms with Crippen molar-refractivity contribution in [1.82, 2.24) is 14.8 Å². The fourth-order valence-electron chi connectivity index (χ4n) is 3.50. The summed E-state index contributed by atoms with van der Waals surface area (Å²) in [5.41, 5.74) is 2.38. The minimum Gasteiger partial charge on any atom is -0.493 e. The molecular formula is C20H21N3O3. The molecule has 1 fully saturated rings. The molecule has 4 rings (SSSR count). The molecule has 0 bridgehead atoms. The number of benzene rings is 1. The molecule has 3 heterocycles. The number of carbonyl (C=O) groups excluding carboxylic acids is 2. The smallest absolute Gasteiger partial charge is 0.255 e. The van der Waals surface area contributed by atoms with E-state index < -0.39 is 0 Å². The first-order valence-corrected chi connectivity index (χ1v) is 8.97. The van der Waals surface area contributed by atoms with Gasteiger partial charge in [0.1, 0.15) is 5.75 Å². The van der Waals surface area contributed by atoms with Gasteiger partial charge in [0.25, 0.3) is 11.8 Å². The molecule has 1 aromatic heterocycles. The van der Waals surface area contributed by atoms with Crippen LogP contribution in [0.25, 0.3) is 0 Å². The van der Waals surface area contributed by atoms with Gasteiger partial charge in [-0.15, -0.1) is 0 Å². The monoisotopic (exact) mass is 351 g/mol. The lowest BCUT2D eigenvalue weighted by molar-refractivity contribution is 0.0718. The number of pyridine rings is 1. The first-order chi connectivity index (χ1) is 12.7. The van der Waals surface area contributed by atoms with Crippen LogP contribution in [0.4, 0.5) is 0 Å². The van der Waals surface area contributed by atoms with Crippen molar-refractivity contribution in [2.75, 3.05) is 32.8 Å². The van der Waals surface area contributed by atoms with Crippen LogP contribution in [0.1, 0.15) is 32.7 Å². The Kier molecular flexibility index (Phi) is 4.56. The molecule has 6 nitrogen and oxygen atoms in total. The molecule has 1 aromatic carbocycles. The van der Waals surface area contributed by atoms with Crippen molar-refractivity contribution in [3.63, 3.8) is 0 Å². The third kappa shape index (κ3) is 3.27. The van der Waals surface area contributed by atoms with Crippen LogP contribution < -0.4 is 4.74 Å². The minimum atomic E-state index is -0.0259. The molecule has 2 aliphatic heterocycles. The highest BCUT2D eigenvalue weighted by Crippen LogP contribution is 2.26. The zero-order valence-electron chi connectivity index (χ0n) is 14.6. The highest BCUT2D eigenvalue weighted by Gasteiger charge is 2.24. The van der Waals surface area contributed by atoms with Gasteiger partial charge in [-0.05, 0) is 42.3 Å². The second kappa shape index (κ2) is 7.15. The van der Waals surface area contributed by atoms with E-state index in [9.17, 15) is 9.59 Å². The summed E-state index contributed by atoms with van der Waals surface area (Å²) in [5.74, 6) is 0.878. The summed E-state index contributed by atoms with van der Waals surface area (Å²) < 4.78 is 5.51. The number of hydrogen-bond acceptors (Lipinski definition) is 4. The average molecular weight is 351 g/mol. The van der Waals surface area contributed by atoms with E-state index in [-0.39, 0.29) is 11.8 Å². The van der Waals surface area contributed by atoms with Gasteiger partial charge in [0, 0.05) is 50.6 Å². The van der Waals surface area contributed by atoms with Crippen LogP contribution in [0.5, 0.6) is 5.75 Å². The summed E-state index contributed by atoms with van der Waals surface area (Å²) in [5, 5.41) is 0. The normalized spacial score (nSPS) is 16.6. The van der Waals surface area contributed by atoms with E-state index in [1.807, 2.05) is 23.1 Å². The third-order valence-electron chi connectivity index (χ3n) is 4.92. The number of fused-ring (bicyclic) bond motifs is 1. The molecule has 6 heteroatoms. The molecule has 0 radical (unpaired) electrons. The van der Waals surface area contributed by atoms with Gasteiger partial charge in [0.2, 0.25) is 0 Å². The Balaban J connectivity index is 1.43. The highest BCUT2D eigenvalue weighted by molar-refractivity contribution is 5.95. The van der Waals surface area contributed by atoms with Gasteiger partial charge in [-0.25, -0.2) is 0 Å². The van der Waals surface area contributed by atoms with E-state index >= 15 is 0 Å². The topological polar surface area (TPSA) is 62.7 Å². The Labute approximate surface area is 152 Å². The minimum absolute atomic E-state index is 0.0235. The van der Waals surface area contributed by atoms with E-state index in [2.05, 4.69) is 4.98 Å². The Hall–Kier alpha value is -2.89. The average Bonchev–Trinajstić information content (AvgIpc) is 3.02. The summed E-state index contributed by atoms with van der Waals surface area (Å²) in [6, 6.07) is 9.18. The lowest BCUT2D eigenvalue weighted by Gasteiger charge is -2.22. The molecule has 0 N–H and O–H groups in total. The fraction of sp³-hybridized carbons (Fsp3) is 0.350. The molecule has 0 unspecified atom stereocenters. The van der Waals surface area contributed by atoms with Crippen molar-refractivity contribution in [1.29, 1.82) is 0 Å². The van der Waals surface area contributed by atoms with Crippen molar-refractivity contribution < 1.29 is 14.3 Å². The van der Waals surface area contributed by atoms with Crippen LogP contribution in [0.2, 0.25) is 0 Å². The van der Waals surface area contributed by atoms with Gasteiger partial charge in [0.15, 0.2) is 0 Å². The third-order valence-corrected chi connectivity index (χ3v) is 4.92. The van der Waals surface area contributed by atoms with Gasteiger partial charge in [-0.3, -0.25) is 14.6 Å². The first kappa shape index (κ1) is 16.6. The van der Waals surface area contributed by atoms with Gasteiger partial charge >= 0.3 is 0 Å². The molecule has 134 valence electrons. The Morgan fingerprint density at radius 1 is 0.962 bits per heavy atom. The zero-order valence-corrected chi connectivity index (χ0v) is 14.6. The van der Waals surface area contributed by atoms with Crippen LogP contribution in [0.15, 0.2) is 42.7 Å². The Morgan fingerprint density at radius 3 is 2.46 bits per heavy atom. The molecule has 0 saturated carbocycles. The Morgan fingerprint density at radius 2 is 1.73 bits per heavy atom. The molecule has 26 heavy (non-hydrogen) atoms. The first-order valence-electron chi connectivity index (χ1n) is 8.97. The largest absolute Gasteiger partial charge is 0.493 e. The maximum Gasteiger partial charge on any atom is 0.255 e. The van der Waals surface area contributed by atoms with E-state index in [0.717, 1.165) is 24.2 Å². The SMILES string of the molecule is O=C(c1cccnc1)N1CCCN(C(=O)c2ccc3c(c2)CCO3)CC1. The standard InChI is InChI=1S/C20H21N3O3/c24-19(16-4-5-18-15(13-16)6-12-26-18)22-8-2-9-23(11-10-22)20(25)17-3-1-7-21-14-17/h1,3-5,7,13-14H,2,6,8-12H2. The summed E-state index contributed by atoms with van der Waals surface area (Å²) >= 11 is 0. The zero-order chi connectivity index (χ0) is 17.9. The summed E-state index contributed by atoms with van der Waals surface area (Å²) in [6.45, 7) is 3.06. The number of ether oxygens (including phenoxy) is 1. The summed E-state index contributed by atoms with van der Waals surface area (Å²) in [4.78, 5) is 33.1. The van der Waals surface area contributed by atoms with Crippen LogP contribution in [-0.4, -0.2) is 59.4 Å². The maximum atomic E-state index is 12.9. The molecule has 2 aromatic rings. The summed E-state index contributed by atoms with van der Waals surface area (Å²) in [6.07, 6.45) is 4.86. The fourth-order valence-corrected chi connectivity index (χ4v) is 3.50. The van der Waals surface area contributed by atoms with Crippen molar-refractivity contribution in [3.8, 4) is 5.75 Å². The van der Waals surface area contributed by atoms with Crippen LogP contribution >= 0.6 is 0 Å². The van der Waals surface area contributed by atoms with Crippen LogP contribution in [0, 0.1) is 0 Å². The number of nitrogens with zero attached hydrogens (tertiary/aromatic N) is 3. The Bertz CT molecular complexity index is 822. The molecule has 0 aliphatic carbocycles. The van der Waals surface area contributed by atoms with E-state index in [4.69, 9.17) is 4.74 Å². The van der Waals surface area contributed by atoms with Gasteiger partial charge in [-0.1, -0.05) is 0 Å². The number of rotatable bonds is 2. The highest BCUT2D eigenvalue weighted by atomic mass is 16.5. The van der Waals surface area contributed by atoms with E-state index in [1.54, 1.807) is 29.4 Å². The second-order valence-corrected chi connectivity index (χ2v) is 6.60. The molecular weight excluding hydrogens is 330 g/mol. The maximum absolute atomic E-state index is 12.9. The number of amides is 2. The van der Waals surface area contributed by atoms with Gasteiger partial charge < -0.3 is 14.5 Å². The quantitative estimate of drug-likeness (QED) is 0.830. The lowest BCUT2D eigenvalue weighted by Crippen LogP contribution is -2.37. The molecule has 0 atom stereocenters. The number of carbonyl (C=O) groups is 2. The molecule has 2 amide bonds. The van der Waals surface area contributed by atoms with Gasteiger partial charge in [-0.2, -0.15) is 0 Å². The van der Waals surface area contributed by atoms with Crippen molar-refractivity contribution in [2.45, 2.75) is 12.8 Å². The van der Waals surface area contributed by atoms with Crippen LogP contribution in [-0.2, 0) is 6.42 Å². The predicted molar refractivity (Wildman–Crippen MR) is 96.3 cm³/mol. The molecule has 2 aliphatic rings. The second-order valence-electron chi connectivity index (χ2n) is 6.60. The van der Waals surface area contributed by atoms with E-state index in [1.165, 1.54) is 0 Å². The summed E-state index contributed by atoms with van der Waals surface area (Å²) in [7, 11) is 0. The molecule has 0 spiro atoms. The van der Waals surface area contributed by atoms with Crippen molar-refractivity contribution >= 4 is 11.8 Å². The number of aromatic nitrogens is 1. The lowest BCUT2D eigenvalue weighted by atomic mass is 10.1. The van der Waals surface area contributed by atoms with Crippen molar-refractivity contribution in [3.05, 3.63) is 59.4 Å². The predicted octanol–water partition coefficient (Wildman–Crippen LogP) is 2.00. The van der Waals surface area contributed by atoms with E-state index in [0.29, 0.717) is 43.9 Å². The molecule has 1 saturated heterocycles. The van der Waals surface area contributed by atoms with Gasteiger partial charge in [0.05, 0.1) is 12.2 Å².